The van der Waals surface area contributed by atoms with Crippen molar-refractivity contribution in [3.05, 3.63) is 59.8 Å². The van der Waals surface area contributed by atoms with Gasteiger partial charge in [-0.25, -0.2) is 0 Å². The third kappa shape index (κ3) is 3.24. The van der Waals surface area contributed by atoms with Crippen molar-refractivity contribution in [2.75, 3.05) is 11.9 Å². The maximum Gasteiger partial charge on any atom is 0.231 e. The normalized spacial score (nSPS) is 16.0. The Morgan fingerprint density at radius 3 is 2.84 bits per heavy atom. The van der Waals surface area contributed by atoms with Crippen LogP contribution >= 0.6 is 0 Å². The molecule has 1 atom stereocenters. The quantitative estimate of drug-likeness (QED) is 0.772. The van der Waals surface area contributed by atoms with Gasteiger partial charge >= 0.3 is 0 Å². The van der Waals surface area contributed by atoms with E-state index in [4.69, 9.17) is 4.74 Å². The Morgan fingerprint density at radius 2 is 2.08 bits per heavy atom. The van der Waals surface area contributed by atoms with Crippen LogP contribution in [0.1, 0.15) is 11.1 Å². The van der Waals surface area contributed by atoms with Crippen molar-refractivity contribution in [2.24, 2.45) is 5.92 Å². The highest BCUT2D eigenvalue weighted by atomic mass is 16.5. The van der Waals surface area contributed by atoms with Crippen LogP contribution in [0.4, 0.5) is 5.69 Å². The van der Waals surface area contributed by atoms with Crippen LogP contribution < -0.4 is 10.1 Å². The van der Waals surface area contributed by atoms with Crippen molar-refractivity contribution >= 4 is 11.6 Å². The average molecular weight is 334 g/mol. The second kappa shape index (κ2) is 6.39. The predicted molar refractivity (Wildman–Crippen MR) is 94.3 cm³/mol. The van der Waals surface area contributed by atoms with Gasteiger partial charge in [-0.3, -0.25) is 4.79 Å². The molecule has 3 aromatic rings. The summed E-state index contributed by atoms with van der Waals surface area (Å²) in [4.78, 5) is 12.6. The maximum atomic E-state index is 12.6. The lowest BCUT2D eigenvalue weighted by atomic mass is 9.95. The molecule has 25 heavy (non-hydrogen) atoms. The first-order valence-electron chi connectivity index (χ1n) is 8.18. The van der Waals surface area contributed by atoms with Crippen LogP contribution in [0.25, 0.3) is 11.3 Å². The van der Waals surface area contributed by atoms with E-state index in [9.17, 15) is 4.79 Å². The summed E-state index contributed by atoms with van der Waals surface area (Å²) in [5, 5.41) is 13.4. The predicted octanol–water partition coefficient (Wildman–Crippen LogP) is 2.97. The van der Waals surface area contributed by atoms with Crippen molar-refractivity contribution in [1.82, 2.24) is 15.4 Å². The van der Waals surface area contributed by atoms with Gasteiger partial charge in [-0.2, -0.15) is 15.4 Å². The molecule has 0 spiro atoms. The van der Waals surface area contributed by atoms with Crippen LogP contribution in [-0.2, 0) is 11.2 Å². The van der Waals surface area contributed by atoms with Crippen molar-refractivity contribution in [3.8, 4) is 17.0 Å². The summed E-state index contributed by atoms with van der Waals surface area (Å²) in [5.41, 5.74) is 4.73. The number of anilines is 1. The molecule has 0 saturated heterocycles. The number of benzene rings is 2. The summed E-state index contributed by atoms with van der Waals surface area (Å²) in [6, 6.07) is 13.6. The van der Waals surface area contributed by atoms with Gasteiger partial charge in [0.15, 0.2) is 0 Å². The second-order valence-corrected chi connectivity index (χ2v) is 6.25. The van der Waals surface area contributed by atoms with Crippen LogP contribution in [0.3, 0.4) is 0 Å². The van der Waals surface area contributed by atoms with E-state index in [-0.39, 0.29) is 11.8 Å². The van der Waals surface area contributed by atoms with Gasteiger partial charge in [-0.1, -0.05) is 29.8 Å². The molecule has 0 bridgehead atoms. The second-order valence-electron chi connectivity index (χ2n) is 6.25. The minimum Gasteiger partial charge on any atom is -0.492 e. The molecule has 1 amide bonds. The maximum absolute atomic E-state index is 12.6. The number of fused-ring (bicyclic) bond motifs is 1. The molecular formula is C19H18N4O2. The number of aromatic amines is 1. The van der Waals surface area contributed by atoms with Gasteiger partial charge in [-0.15, -0.1) is 0 Å². The molecule has 6 heteroatoms. The number of amides is 1. The largest absolute Gasteiger partial charge is 0.492 e. The highest BCUT2D eigenvalue weighted by Crippen LogP contribution is 2.29. The van der Waals surface area contributed by atoms with E-state index < -0.39 is 0 Å². The number of aryl methyl sites for hydroxylation is 1. The number of carbonyl (C=O) groups is 1. The molecule has 2 aromatic carbocycles. The molecule has 126 valence electrons. The molecule has 2 N–H and O–H groups in total. The molecule has 2 heterocycles. The van der Waals surface area contributed by atoms with Crippen molar-refractivity contribution in [3.63, 3.8) is 0 Å². The van der Waals surface area contributed by atoms with E-state index >= 15 is 0 Å². The van der Waals surface area contributed by atoms with E-state index in [0.717, 1.165) is 28.3 Å². The highest BCUT2D eigenvalue weighted by molar-refractivity contribution is 5.93. The molecule has 0 aliphatic carbocycles. The fourth-order valence-electron chi connectivity index (χ4n) is 3.00. The van der Waals surface area contributed by atoms with Gasteiger partial charge in [-0.05, 0) is 37.1 Å². The Kier molecular flexibility index (Phi) is 3.93. The topological polar surface area (TPSA) is 79.9 Å². The number of H-pyrrole nitrogens is 1. The van der Waals surface area contributed by atoms with E-state index in [1.54, 1.807) is 6.20 Å². The molecule has 6 nitrogen and oxygen atoms in total. The molecule has 1 aromatic heterocycles. The summed E-state index contributed by atoms with van der Waals surface area (Å²) in [6.07, 6.45) is 2.35. The van der Waals surface area contributed by atoms with Crippen molar-refractivity contribution in [1.29, 1.82) is 0 Å². The van der Waals surface area contributed by atoms with E-state index in [1.807, 2.05) is 43.3 Å². The first-order valence-corrected chi connectivity index (χ1v) is 8.18. The fourth-order valence-corrected chi connectivity index (χ4v) is 3.00. The monoisotopic (exact) mass is 334 g/mol. The minimum absolute atomic E-state index is 0.0265. The molecule has 0 saturated carbocycles. The number of hydrogen-bond acceptors (Lipinski definition) is 4. The third-order valence-corrected chi connectivity index (χ3v) is 4.36. The molecule has 1 unspecified atom stereocenters. The Hall–Kier alpha value is -3.15. The first kappa shape index (κ1) is 15.4. The van der Waals surface area contributed by atoms with Gasteiger partial charge in [0.1, 0.15) is 18.1 Å². The number of rotatable bonds is 3. The van der Waals surface area contributed by atoms with Gasteiger partial charge in [0.25, 0.3) is 0 Å². The van der Waals surface area contributed by atoms with E-state index in [2.05, 4.69) is 26.8 Å². The molecule has 4 rings (SSSR count). The number of carbonyl (C=O) groups excluding carboxylic acids is 1. The van der Waals surface area contributed by atoms with Gasteiger partial charge in [0.05, 0.1) is 12.1 Å². The van der Waals surface area contributed by atoms with Gasteiger partial charge in [0, 0.05) is 11.3 Å². The zero-order valence-electron chi connectivity index (χ0n) is 13.8. The van der Waals surface area contributed by atoms with Crippen LogP contribution in [0.2, 0.25) is 0 Å². The van der Waals surface area contributed by atoms with Crippen molar-refractivity contribution < 1.29 is 9.53 Å². The minimum atomic E-state index is -0.190. The van der Waals surface area contributed by atoms with Gasteiger partial charge in [0.2, 0.25) is 5.91 Å². The summed E-state index contributed by atoms with van der Waals surface area (Å²) in [7, 11) is 0. The number of aromatic nitrogens is 3. The Labute approximate surface area is 145 Å². The van der Waals surface area contributed by atoms with Gasteiger partial charge < -0.3 is 10.1 Å². The SMILES string of the molecule is Cc1ccc2c(c1)CC(C(=O)Nc1ccc(-c3cn[nH]n3)cc1)CO2. The number of nitrogens with one attached hydrogen (secondary N) is 2. The lowest BCUT2D eigenvalue weighted by molar-refractivity contribution is -0.121. The fraction of sp³-hybridized carbons (Fsp3) is 0.211. The average Bonchev–Trinajstić information content (AvgIpc) is 3.16. The van der Waals surface area contributed by atoms with Crippen LogP contribution in [0.15, 0.2) is 48.7 Å². The lowest BCUT2D eigenvalue weighted by Crippen LogP contribution is -2.32. The number of ether oxygens (including phenoxy) is 1. The highest BCUT2D eigenvalue weighted by Gasteiger charge is 2.26. The molecule has 1 aliphatic rings. The Bertz CT molecular complexity index is 888. The Balaban J connectivity index is 1.44. The van der Waals surface area contributed by atoms with Crippen LogP contribution in [0, 0.1) is 12.8 Å². The zero-order chi connectivity index (χ0) is 17.2. The molecule has 0 fully saturated rings. The molecular weight excluding hydrogens is 316 g/mol. The Morgan fingerprint density at radius 1 is 1.24 bits per heavy atom. The summed E-state index contributed by atoms with van der Waals surface area (Å²) in [5.74, 6) is 0.664. The summed E-state index contributed by atoms with van der Waals surface area (Å²) >= 11 is 0. The smallest absolute Gasteiger partial charge is 0.231 e. The number of hydrogen-bond donors (Lipinski definition) is 2. The van der Waals surface area contributed by atoms with E-state index in [1.165, 1.54) is 5.56 Å². The summed E-state index contributed by atoms with van der Waals surface area (Å²) in [6.45, 7) is 2.44. The standard InChI is InChI=1S/C19H18N4O2/c1-12-2-7-18-14(8-12)9-15(11-25-18)19(24)21-16-5-3-13(4-6-16)17-10-20-23-22-17/h2-8,10,15H,9,11H2,1H3,(H,21,24)(H,20,22,23). The zero-order valence-corrected chi connectivity index (χ0v) is 13.8. The first-order chi connectivity index (χ1) is 12.2. The van der Waals surface area contributed by atoms with Crippen LogP contribution in [0.5, 0.6) is 5.75 Å². The third-order valence-electron chi connectivity index (χ3n) is 4.36. The molecule has 1 aliphatic heterocycles. The number of nitrogens with zero attached hydrogens (tertiary/aromatic N) is 2. The molecule has 0 radical (unpaired) electrons. The van der Waals surface area contributed by atoms with Crippen molar-refractivity contribution in [2.45, 2.75) is 13.3 Å². The van der Waals surface area contributed by atoms with E-state index in [0.29, 0.717) is 13.0 Å². The van der Waals surface area contributed by atoms with Crippen LogP contribution in [-0.4, -0.2) is 27.9 Å². The lowest BCUT2D eigenvalue weighted by Gasteiger charge is -2.25. The summed E-state index contributed by atoms with van der Waals surface area (Å²) < 4.78 is 5.74.